The molecule has 2 heterocycles. The van der Waals surface area contributed by atoms with Gasteiger partial charge in [-0.05, 0) is 42.3 Å². The van der Waals surface area contributed by atoms with Gasteiger partial charge in [0.05, 0.1) is 30.7 Å². The second kappa shape index (κ2) is 8.77. The largest absolute Gasteiger partial charge is 0.494 e. The Hall–Kier alpha value is -2.39. The van der Waals surface area contributed by atoms with E-state index in [0.717, 1.165) is 40.1 Å². The molecule has 0 unspecified atom stereocenters. The molecule has 1 amide bonds. The highest BCUT2D eigenvalue weighted by atomic mass is 35.5. The van der Waals surface area contributed by atoms with Crippen molar-refractivity contribution in [3.63, 3.8) is 0 Å². The normalized spacial score (nSPS) is 14.2. The van der Waals surface area contributed by atoms with Crippen molar-refractivity contribution < 1.29 is 14.3 Å². The van der Waals surface area contributed by atoms with Crippen molar-refractivity contribution in [1.82, 2.24) is 4.98 Å². The number of thiazole rings is 1. The first-order chi connectivity index (χ1) is 14.5. The summed E-state index contributed by atoms with van der Waals surface area (Å²) in [7, 11) is 1.62. The molecule has 2 aromatic carbocycles. The van der Waals surface area contributed by atoms with E-state index < -0.39 is 0 Å². The monoisotopic (exact) mass is 446 g/mol. The van der Waals surface area contributed by atoms with Gasteiger partial charge in [-0.1, -0.05) is 22.9 Å². The summed E-state index contributed by atoms with van der Waals surface area (Å²) in [5, 5.41) is 4.02. The van der Waals surface area contributed by atoms with Crippen LogP contribution in [0.4, 0.5) is 10.8 Å². The number of methoxy groups -OCH3 is 1. The summed E-state index contributed by atoms with van der Waals surface area (Å²) in [6.07, 6.45) is 0. The number of nitrogens with zero attached hydrogens (tertiary/aromatic N) is 2. The highest BCUT2D eigenvalue weighted by Crippen LogP contribution is 2.39. The van der Waals surface area contributed by atoms with Crippen LogP contribution in [0.5, 0.6) is 5.75 Å². The Kier molecular flexibility index (Phi) is 6.10. The minimum Gasteiger partial charge on any atom is -0.494 e. The second-order valence-corrected chi connectivity index (χ2v) is 8.35. The van der Waals surface area contributed by atoms with Gasteiger partial charge in [0.2, 0.25) is 0 Å². The Labute approximate surface area is 183 Å². The summed E-state index contributed by atoms with van der Waals surface area (Å²) in [5.74, 6) is 0.407. The first-order valence-electron chi connectivity index (χ1n) is 9.63. The summed E-state index contributed by atoms with van der Waals surface area (Å²) in [5.41, 5.74) is 9.71. The molecule has 0 bridgehead atoms. The molecular weight excluding hydrogens is 424 g/mol. The number of ether oxygens (including phenoxy) is 2. The number of aromatic nitrogens is 1. The molecule has 3 aromatic rings. The zero-order valence-electron chi connectivity index (χ0n) is 16.8. The van der Waals surface area contributed by atoms with Crippen LogP contribution in [-0.2, 0) is 11.3 Å². The lowest BCUT2D eigenvalue weighted by atomic mass is 10.0. The Balaban J connectivity index is 1.70. The molecule has 1 fully saturated rings. The first-order valence-corrected chi connectivity index (χ1v) is 10.8. The van der Waals surface area contributed by atoms with Crippen molar-refractivity contribution in [2.45, 2.75) is 13.5 Å². The van der Waals surface area contributed by atoms with E-state index in [-0.39, 0.29) is 12.5 Å². The van der Waals surface area contributed by atoms with Gasteiger partial charge >= 0.3 is 0 Å². The molecule has 3 N–H and O–H groups in total. The lowest BCUT2D eigenvalue weighted by Gasteiger charge is -2.29. The van der Waals surface area contributed by atoms with Crippen LogP contribution >= 0.6 is 22.9 Å². The predicted octanol–water partition coefficient (Wildman–Crippen LogP) is 3.81. The van der Waals surface area contributed by atoms with E-state index >= 15 is 0 Å². The maximum absolute atomic E-state index is 13.0. The van der Waals surface area contributed by atoms with Gasteiger partial charge in [0.25, 0.3) is 5.91 Å². The number of fused-ring (bicyclic) bond motifs is 1. The molecule has 1 saturated heterocycles. The summed E-state index contributed by atoms with van der Waals surface area (Å²) in [6, 6.07) is 7.35. The average Bonchev–Trinajstić information content (AvgIpc) is 3.18. The Morgan fingerprint density at radius 2 is 2.10 bits per heavy atom. The molecule has 0 atom stereocenters. The summed E-state index contributed by atoms with van der Waals surface area (Å²) in [6.45, 7) is 5.08. The molecule has 0 aliphatic carbocycles. The van der Waals surface area contributed by atoms with Gasteiger partial charge in [0.1, 0.15) is 11.3 Å². The molecule has 0 saturated carbocycles. The van der Waals surface area contributed by atoms with Crippen LogP contribution in [0.1, 0.15) is 21.5 Å². The van der Waals surface area contributed by atoms with E-state index in [9.17, 15) is 4.79 Å². The Morgan fingerprint density at radius 1 is 1.33 bits per heavy atom. The van der Waals surface area contributed by atoms with Gasteiger partial charge in [-0.2, -0.15) is 0 Å². The highest BCUT2D eigenvalue weighted by molar-refractivity contribution is 7.23. The molecule has 1 aromatic heterocycles. The van der Waals surface area contributed by atoms with Crippen molar-refractivity contribution in [2.75, 3.05) is 43.6 Å². The van der Waals surface area contributed by atoms with E-state index in [4.69, 9.17) is 26.8 Å². The summed E-state index contributed by atoms with van der Waals surface area (Å²) >= 11 is 7.61. The lowest BCUT2D eigenvalue weighted by Crippen LogP contribution is -2.36. The maximum atomic E-state index is 13.0. The van der Waals surface area contributed by atoms with Crippen LogP contribution in [0.3, 0.4) is 0 Å². The van der Waals surface area contributed by atoms with Gasteiger partial charge in [-0.25, -0.2) is 4.98 Å². The maximum Gasteiger partial charge on any atom is 0.257 e. The minimum atomic E-state index is -0.263. The van der Waals surface area contributed by atoms with E-state index in [0.29, 0.717) is 34.7 Å². The van der Waals surface area contributed by atoms with Crippen LogP contribution in [0, 0.1) is 6.92 Å². The van der Waals surface area contributed by atoms with Crippen LogP contribution < -0.4 is 20.7 Å². The zero-order chi connectivity index (χ0) is 21.3. The fraction of sp³-hybridized carbons (Fsp3) is 0.333. The SMILES string of the molecule is COc1ccc(N2CCOCC2)c2sc(NC(=O)c3ccc(Cl)c(C)c3CN)nc12. The molecule has 1 aliphatic rings. The number of anilines is 2. The van der Waals surface area contributed by atoms with Gasteiger partial charge in [0.15, 0.2) is 5.13 Å². The van der Waals surface area contributed by atoms with E-state index in [2.05, 4.69) is 15.2 Å². The average molecular weight is 447 g/mol. The molecule has 0 spiro atoms. The number of morpholine rings is 1. The van der Waals surface area contributed by atoms with Gasteiger partial charge in [-0.3, -0.25) is 10.1 Å². The van der Waals surface area contributed by atoms with Crippen LogP contribution in [0.25, 0.3) is 10.2 Å². The van der Waals surface area contributed by atoms with Gasteiger partial charge in [-0.15, -0.1) is 0 Å². The molecule has 30 heavy (non-hydrogen) atoms. The quantitative estimate of drug-likeness (QED) is 0.619. The fourth-order valence-electron chi connectivity index (χ4n) is 3.61. The van der Waals surface area contributed by atoms with Crippen molar-refractivity contribution >= 4 is 49.9 Å². The number of carbonyl (C=O) groups is 1. The Morgan fingerprint density at radius 3 is 2.80 bits per heavy atom. The van der Waals surface area contributed by atoms with Crippen LogP contribution in [0.15, 0.2) is 24.3 Å². The third-order valence-electron chi connectivity index (χ3n) is 5.26. The van der Waals surface area contributed by atoms with Crippen molar-refractivity contribution in [2.24, 2.45) is 5.73 Å². The molecule has 7 nitrogen and oxygen atoms in total. The van der Waals surface area contributed by atoms with Crippen molar-refractivity contribution in [3.8, 4) is 5.75 Å². The molecular formula is C21H23ClN4O3S. The third kappa shape index (κ3) is 3.83. The van der Waals surface area contributed by atoms with E-state index in [1.54, 1.807) is 19.2 Å². The number of rotatable bonds is 5. The second-order valence-electron chi connectivity index (χ2n) is 6.94. The molecule has 1 aliphatic heterocycles. The number of hydrogen-bond acceptors (Lipinski definition) is 7. The lowest BCUT2D eigenvalue weighted by molar-refractivity contribution is 0.102. The van der Waals surface area contributed by atoms with Gasteiger partial charge < -0.3 is 20.1 Å². The number of nitrogens with two attached hydrogens (primary N) is 1. The number of benzene rings is 2. The molecule has 0 radical (unpaired) electrons. The van der Waals surface area contributed by atoms with E-state index in [1.165, 1.54) is 11.3 Å². The first kappa shape index (κ1) is 20.9. The summed E-state index contributed by atoms with van der Waals surface area (Å²) < 4.78 is 11.9. The number of halogens is 1. The summed E-state index contributed by atoms with van der Waals surface area (Å²) in [4.78, 5) is 19.9. The molecule has 158 valence electrons. The Bertz CT molecular complexity index is 1100. The molecule has 9 heteroatoms. The van der Waals surface area contributed by atoms with E-state index in [1.807, 2.05) is 19.1 Å². The molecule has 4 rings (SSSR count). The number of hydrogen-bond donors (Lipinski definition) is 2. The van der Waals surface area contributed by atoms with Crippen LogP contribution in [-0.4, -0.2) is 44.3 Å². The van der Waals surface area contributed by atoms with Crippen LogP contribution in [0.2, 0.25) is 5.02 Å². The topological polar surface area (TPSA) is 89.7 Å². The predicted molar refractivity (Wildman–Crippen MR) is 121 cm³/mol. The minimum absolute atomic E-state index is 0.226. The number of nitrogens with one attached hydrogen (secondary N) is 1. The highest BCUT2D eigenvalue weighted by Gasteiger charge is 2.21. The third-order valence-corrected chi connectivity index (χ3v) is 6.66. The standard InChI is InChI=1S/C21H23ClN4O3S/c1-12-14(11-23)13(3-4-15(12)22)20(27)25-21-24-18-17(28-2)6-5-16(19(18)30-21)26-7-9-29-10-8-26/h3-6H,7-11,23H2,1-2H3,(H,24,25,27). The van der Waals surface area contributed by atoms with Gasteiger partial charge in [0, 0.05) is 30.2 Å². The van der Waals surface area contributed by atoms with Crippen molar-refractivity contribution in [3.05, 3.63) is 46.0 Å². The zero-order valence-corrected chi connectivity index (χ0v) is 18.4. The smallest absolute Gasteiger partial charge is 0.257 e. The number of carbonyl (C=O) groups excluding carboxylic acids is 1. The van der Waals surface area contributed by atoms with Crippen molar-refractivity contribution in [1.29, 1.82) is 0 Å². The number of amides is 1. The fourth-order valence-corrected chi connectivity index (χ4v) is 4.81.